The summed E-state index contributed by atoms with van der Waals surface area (Å²) in [6.07, 6.45) is 10.9. The van der Waals surface area contributed by atoms with Crippen LogP contribution in [-0.4, -0.2) is 4.57 Å². The van der Waals surface area contributed by atoms with E-state index in [2.05, 4.69) is 79.7 Å². The number of benzene rings is 2. The minimum atomic E-state index is 1.11. The van der Waals surface area contributed by atoms with E-state index in [0.717, 1.165) is 15.5 Å². The fraction of sp³-hybridized carbons (Fsp3) is 0.455. The smallest absolute Gasteiger partial charge is 0.0492 e. The van der Waals surface area contributed by atoms with Crippen molar-refractivity contribution < 1.29 is 0 Å². The van der Waals surface area contributed by atoms with Gasteiger partial charge in [-0.15, -0.1) is 0 Å². The third kappa shape index (κ3) is 4.68. The molecular formula is C22H27Br2N. The molecule has 1 aromatic heterocycles. The standard InChI is InChI=1S/C22H27Br2N/c1-2-3-4-5-6-7-8-9-14-25-21-12-10-17(23)15-19(21)20-16-18(24)11-13-22(20)25/h10-13,15-16H,2-9,14H2,1H3. The van der Waals surface area contributed by atoms with E-state index in [4.69, 9.17) is 0 Å². The van der Waals surface area contributed by atoms with Crippen molar-refractivity contribution in [1.82, 2.24) is 4.57 Å². The Balaban J connectivity index is 1.70. The summed E-state index contributed by atoms with van der Waals surface area (Å²) < 4.78 is 4.79. The Bertz CT molecular complexity index is 776. The number of hydrogen-bond donors (Lipinski definition) is 0. The highest BCUT2D eigenvalue weighted by atomic mass is 79.9. The summed E-state index contributed by atoms with van der Waals surface area (Å²) in [5, 5.41) is 2.68. The summed E-state index contributed by atoms with van der Waals surface area (Å²) in [5.41, 5.74) is 2.69. The summed E-state index contributed by atoms with van der Waals surface area (Å²) in [6.45, 7) is 3.39. The van der Waals surface area contributed by atoms with Gasteiger partial charge in [0.2, 0.25) is 0 Å². The lowest BCUT2D eigenvalue weighted by atomic mass is 10.1. The third-order valence-corrected chi connectivity index (χ3v) is 6.01. The van der Waals surface area contributed by atoms with E-state index in [1.807, 2.05) is 0 Å². The van der Waals surface area contributed by atoms with Crippen molar-refractivity contribution in [2.24, 2.45) is 0 Å². The van der Waals surface area contributed by atoms with Gasteiger partial charge in [0.25, 0.3) is 0 Å². The first kappa shape index (κ1) is 19.0. The van der Waals surface area contributed by atoms with Crippen molar-refractivity contribution in [3.63, 3.8) is 0 Å². The topological polar surface area (TPSA) is 4.93 Å². The average molecular weight is 465 g/mol. The SMILES string of the molecule is CCCCCCCCCCn1c2ccc(Br)cc2c2cc(Br)ccc21. The minimum absolute atomic E-state index is 1.11. The molecule has 0 aliphatic rings. The van der Waals surface area contributed by atoms with Crippen molar-refractivity contribution in [1.29, 1.82) is 0 Å². The van der Waals surface area contributed by atoms with Gasteiger partial charge in [-0.1, -0.05) is 83.7 Å². The molecule has 0 unspecified atom stereocenters. The molecular weight excluding hydrogens is 438 g/mol. The Hall–Kier alpha value is -0.800. The molecule has 0 fully saturated rings. The molecule has 0 bridgehead atoms. The molecule has 0 amide bonds. The van der Waals surface area contributed by atoms with Crippen molar-refractivity contribution >= 4 is 53.7 Å². The van der Waals surface area contributed by atoms with Gasteiger partial charge in [-0.25, -0.2) is 0 Å². The van der Waals surface area contributed by atoms with Crippen LogP contribution in [0.5, 0.6) is 0 Å². The fourth-order valence-corrected chi connectivity index (χ4v) is 4.42. The highest BCUT2D eigenvalue weighted by Crippen LogP contribution is 2.33. The molecule has 0 aliphatic carbocycles. The van der Waals surface area contributed by atoms with Gasteiger partial charge < -0.3 is 4.57 Å². The lowest BCUT2D eigenvalue weighted by Crippen LogP contribution is -1.97. The van der Waals surface area contributed by atoms with Gasteiger partial charge in [0.05, 0.1) is 0 Å². The van der Waals surface area contributed by atoms with Gasteiger partial charge in [-0.2, -0.15) is 0 Å². The summed E-state index contributed by atoms with van der Waals surface area (Å²) >= 11 is 7.25. The Morgan fingerprint density at radius 3 is 1.68 bits per heavy atom. The van der Waals surface area contributed by atoms with E-state index in [1.165, 1.54) is 73.2 Å². The normalized spacial score (nSPS) is 11.6. The Kier molecular flexibility index (Phi) is 7.00. The highest BCUT2D eigenvalue weighted by molar-refractivity contribution is 9.10. The lowest BCUT2D eigenvalue weighted by molar-refractivity contribution is 0.553. The van der Waals surface area contributed by atoms with E-state index in [0.29, 0.717) is 0 Å². The van der Waals surface area contributed by atoms with Crippen LogP contribution in [0.15, 0.2) is 45.3 Å². The number of hydrogen-bond acceptors (Lipinski definition) is 0. The molecule has 25 heavy (non-hydrogen) atoms. The highest BCUT2D eigenvalue weighted by Gasteiger charge is 2.11. The van der Waals surface area contributed by atoms with Crippen LogP contribution in [0, 0.1) is 0 Å². The monoisotopic (exact) mass is 463 g/mol. The first-order valence-corrected chi connectivity index (χ1v) is 11.2. The number of rotatable bonds is 9. The van der Waals surface area contributed by atoms with Crippen LogP contribution in [0.25, 0.3) is 21.8 Å². The van der Waals surface area contributed by atoms with E-state index in [1.54, 1.807) is 0 Å². The van der Waals surface area contributed by atoms with Crippen LogP contribution in [0.2, 0.25) is 0 Å². The Morgan fingerprint density at radius 2 is 1.16 bits per heavy atom. The number of halogens is 2. The summed E-state index contributed by atoms with van der Waals surface area (Å²) in [6, 6.07) is 13.3. The van der Waals surface area contributed by atoms with Crippen molar-refractivity contribution in [3.05, 3.63) is 45.3 Å². The Morgan fingerprint density at radius 1 is 0.680 bits per heavy atom. The third-order valence-electron chi connectivity index (χ3n) is 5.02. The van der Waals surface area contributed by atoms with Gasteiger partial charge in [0.1, 0.15) is 0 Å². The lowest BCUT2D eigenvalue weighted by Gasteiger charge is -2.08. The molecule has 134 valence electrons. The van der Waals surface area contributed by atoms with Crippen molar-refractivity contribution in [2.45, 2.75) is 64.8 Å². The predicted octanol–water partition coefficient (Wildman–Crippen LogP) is 8.46. The van der Waals surface area contributed by atoms with E-state index in [9.17, 15) is 0 Å². The molecule has 3 rings (SSSR count). The van der Waals surface area contributed by atoms with Gasteiger partial charge >= 0.3 is 0 Å². The molecule has 0 aliphatic heterocycles. The first-order valence-electron chi connectivity index (χ1n) is 9.57. The van der Waals surface area contributed by atoms with Crippen molar-refractivity contribution in [2.75, 3.05) is 0 Å². The fourth-order valence-electron chi connectivity index (χ4n) is 3.69. The molecule has 3 heteroatoms. The summed E-state index contributed by atoms with van der Waals surface area (Å²) in [4.78, 5) is 0. The number of nitrogens with zero attached hydrogens (tertiary/aromatic N) is 1. The first-order chi connectivity index (χ1) is 12.2. The molecule has 0 saturated heterocycles. The van der Waals surface area contributed by atoms with Crippen LogP contribution >= 0.6 is 31.9 Å². The quantitative estimate of drug-likeness (QED) is 0.280. The molecule has 0 saturated carbocycles. The van der Waals surface area contributed by atoms with Gasteiger partial charge in [-0.05, 0) is 42.8 Å². The maximum Gasteiger partial charge on any atom is 0.0492 e. The zero-order valence-corrected chi connectivity index (χ0v) is 18.2. The van der Waals surface area contributed by atoms with Gasteiger partial charge in [0, 0.05) is 37.3 Å². The van der Waals surface area contributed by atoms with Gasteiger partial charge in [-0.3, -0.25) is 0 Å². The van der Waals surface area contributed by atoms with Crippen LogP contribution in [0.4, 0.5) is 0 Å². The maximum atomic E-state index is 3.62. The minimum Gasteiger partial charge on any atom is -0.340 e. The summed E-state index contributed by atoms with van der Waals surface area (Å²) in [7, 11) is 0. The summed E-state index contributed by atoms with van der Waals surface area (Å²) in [5.74, 6) is 0. The number of aromatic nitrogens is 1. The molecule has 2 aromatic carbocycles. The number of unbranched alkanes of at least 4 members (excludes halogenated alkanes) is 7. The molecule has 0 radical (unpaired) electrons. The zero-order valence-electron chi connectivity index (χ0n) is 15.0. The predicted molar refractivity (Wildman–Crippen MR) is 117 cm³/mol. The second-order valence-electron chi connectivity index (χ2n) is 6.95. The van der Waals surface area contributed by atoms with E-state index < -0.39 is 0 Å². The van der Waals surface area contributed by atoms with Gasteiger partial charge in [0.15, 0.2) is 0 Å². The molecule has 0 N–H and O–H groups in total. The number of aryl methyl sites for hydroxylation is 1. The second-order valence-corrected chi connectivity index (χ2v) is 8.78. The zero-order chi connectivity index (χ0) is 17.6. The molecule has 0 spiro atoms. The molecule has 3 aromatic rings. The van der Waals surface area contributed by atoms with Crippen LogP contribution < -0.4 is 0 Å². The molecule has 1 heterocycles. The largest absolute Gasteiger partial charge is 0.340 e. The molecule has 0 atom stereocenters. The Labute approximate surface area is 168 Å². The molecule has 1 nitrogen and oxygen atoms in total. The number of fused-ring (bicyclic) bond motifs is 3. The maximum absolute atomic E-state index is 3.62. The van der Waals surface area contributed by atoms with Crippen LogP contribution in [-0.2, 0) is 6.54 Å². The average Bonchev–Trinajstić information content (AvgIpc) is 2.90. The van der Waals surface area contributed by atoms with Crippen molar-refractivity contribution in [3.8, 4) is 0 Å². The van der Waals surface area contributed by atoms with Crippen LogP contribution in [0.3, 0.4) is 0 Å². The van der Waals surface area contributed by atoms with E-state index in [-0.39, 0.29) is 0 Å². The van der Waals surface area contributed by atoms with Crippen LogP contribution in [0.1, 0.15) is 58.3 Å². The second kappa shape index (κ2) is 9.23. The van der Waals surface area contributed by atoms with E-state index >= 15 is 0 Å².